The zero-order chi connectivity index (χ0) is 11.4. The van der Waals surface area contributed by atoms with Crippen LogP contribution in [0.4, 0.5) is 0 Å². The van der Waals surface area contributed by atoms with Crippen LogP contribution in [0.15, 0.2) is 40.3 Å². The molecule has 2 nitrogen and oxygen atoms in total. The SMILES string of the molecule is CC(C=O)=CCSc1nc2ccccc2s1. The van der Waals surface area contributed by atoms with Gasteiger partial charge >= 0.3 is 0 Å². The highest BCUT2D eigenvalue weighted by molar-refractivity contribution is 8.01. The molecule has 0 aliphatic heterocycles. The molecule has 0 N–H and O–H groups in total. The second-order valence-electron chi connectivity index (χ2n) is 3.32. The smallest absolute Gasteiger partial charge is 0.151 e. The van der Waals surface area contributed by atoms with Gasteiger partial charge in [-0.1, -0.05) is 30.0 Å². The van der Waals surface area contributed by atoms with E-state index in [1.807, 2.05) is 31.2 Å². The highest BCUT2D eigenvalue weighted by atomic mass is 32.2. The number of benzene rings is 1. The van der Waals surface area contributed by atoms with Crippen molar-refractivity contribution in [3.8, 4) is 0 Å². The number of para-hydroxylation sites is 1. The van der Waals surface area contributed by atoms with Crippen LogP contribution in [0.2, 0.25) is 0 Å². The van der Waals surface area contributed by atoms with Crippen molar-refractivity contribution in [3.05, 3.63) is 35.9 Å². The van der Waals surface area contributed by atoms with Crippen LogP contribution in [-0.2, 0) is 4.79 Å². The van der Waals surface area contributed by atoms with Gasteiger partial charge in [0.2, 0.25) is 0 Å². The van der Waals surface area contributed by atoms with Gasteiger partial charge in [-0.3, -0.25) is 4.79 Å². The summed E-state index contributed by atoms with van der Waals surface area (Å²) in [5, 5.41) is 0. The van der Waals surface area contributed by atoms with Crippen molar-refractivity contribution in [2.75, 3.05) is 5.75 Å². The Morgan fingerprint density at radius 2 is 2.31 bits per heavy atom. The van der Waals surface area contributed by atoms with Crippen LogP contribution in [-0.4, -0.2) is 17.0 Å². The standard InChI is InChI=1S/C12H11NOS2/c1-9(8-14)6-7-15-12-13-10-4-2-3-5-11(10)16-12/h2-6,8H,7H2,1H3. The molecular formula is C12H11NOS2. The number of thioether (sulfide) groups is 1. The fraction of sp³-hybridized carbons (Fsp3) is 0.167. The van der Waals surface area contributed by atoms with Crippen LogP contribution >= 0.6 is 23.1 Å². The molecule has 0 aliphatic rings. The number of allylic oxidation sites excluding steroid dienone is 1. The van der Waals surface area contributed by atoms with Crippen molar-refractivity contribution in [2.24, 2.45) is 0 Å². The van der Waals surface area contributed by atoms with Crippen molar-refractivity contribution in [3.63, 3.8) is 0 Å². The Hall–Kier alpha value is -1.13. The predicted octanol–water partition coefficient (Wildman–Crippen LogP) is 3.53. The molecule has 0 aliphatic carbocycles. The minimum atomic E-state index is 0.772. The summed E-state index contributed by atoms with van der Waals surface area (Å²) >= 11 is 3.35. The van der Waals surface area contributed by atoms with Gasteiger partial charge in [0.05, 0.1) is 10.2 Å². The van der Waals surface area contributed by atoms with E-state index < -0.39 is 0 Å². The number of carbonyl (C=O) groups is 1. The molecule has 1 heterocycles. The van der Waals surface area contributed by atoms with Crippen LogP contribution < -0.4 is 0 Å². The molecule has 0 fully saturated rings. The van der Waals surface area contributed by atoms with Crippen molar-refractivity contribution < 1.29 is 4.79 Å². The van der Waals surface area contributed by atoms with Crippen LogP contribution in [0.25, 0.3) is 10.2 Å². The minimum absolute atomic E-state index is 0.772. The maximum Gasteiger partial charge on any atom is 0.151 e. The third-order valence-electron chi connectivity index (χ3n) is 2.07. The summed E-state index contributed by atoms with van der Waals surface area (Å²) < 4.78 is 2.26. The van der Waals surface area contributed by atoms with Gasteiger partial charge < -0.3 is 0 Å². The number of aromatic nitrogens is 1. The predicted molar refractivity (Wildman–Crippen MR) is 70.2 cm³/mol. The summed E-state index contributed by atoms with van der Waals surface area (Å²) in [5.41, 5.74) is 1.82. The number of rotatable bonds is 4. The number of hydrogen-bond acceptors (Lipinski definition) is 4. The highest BCUT2D eigenvalue weighted by Crippen LogP contribution is 2.29. The molecule has 2 aromatic rings. The van der Waals surface area contributed by atoms with Gasteiger partial charge in [0, 0.05) is 5.75 Å². The molecule has 0 spiro atoms. The second kappa shape index (κ2) is 5.27. The summed E-state index contributed by atoms with van der Waals surface area (Å²) in [6.07, 6.45) is 2.79. The zero-order valence-corrected chi connectivity index (χ0v) is 10.5. The number of hydrogen-bond donors (Lipinski definition) is 0. The van der Waals surface area contributed by atoms with Crippen LogP contribution in [0.1, 0.15) is 6.92 Å². The molecule has 16 heavy (non-hydrogen) atoms. The molecule has 1 aromatic carbocycles. The van der Waals surface area contributed by atoms with Crippen LogP contribution in [0, 0.1) is 0 Å². The molecule has 4 heteroatoms. The van der Waals surface area contributed by atoms with Gasteiger partial charge in [0.25, 0.3) is 0 Å². The van der Waals surface area contributed by atoms with Crippen molar-refractivity contribution in [1.29, 1.82) is 0 Å². The maximum absolute atomic E-state index is 10.4. The molecule has 0 atom stereocenters. The Morgan fingerprint density at radius 3 is 3.06 bits per heavy atom. The van der Waals surface area contributed by atoms with E-state index in [0.29, 0.717) is 0 Å². The summed E-state index contributed by atoms with van der Waals surface area (Å²) in [5.74, 6) is 0.796. The first kappa shape index (κ1) is 11.4. The van der Waals surface area contributed by atoms with E-state index in [4.69, 9.17) is 0 Å². The second-order valence-corrected chi connectivity index (χ2v) is 5.62. The summed E-state index contributed by atoms with van der Waals surface area (Å²) in [6.45, 7) is 1.81. The lowest BCUT2D eigenvalue weighted by atomic mass is 10.3. The van der Waals surface area contributed by atoms with Crippen LogP contribution in [0.3, 0.4) is 0 Å². The summed E-state index contributed by atoms with van der Waals surface area (Å²) in [4.78, 5) is 14.9. The van der Waals surface area contributed by atoms with E-state index in [0.717, 1.165) is 27.5 Å². The van der Waals surface area contributed by atoms with Gasteiger partial charge in [-0.25, -0.2) is 4.98 Å². The van der Waals surface area contributed by atoms with Crippen molar-refractivity contribution in [2.45, 2.75) is 11.3 Å². The molecule has 0 saturated heterocycles. The quantitative estimate of drug-likeness (QED) is 0.471. The van der Waals surface area contributed by atoms with Gasteiger partial charge in [0.15, 0.2) is 4.34 Å². The Labute approximate surface area is 102 Å². The molecule has 0 radical (unpaired) electrons. The lowest BCUT2D eigenvalue weighted by Gasteiger charge is -1.90. The number of carbonyl (C=O) groups excluding carboxylic acids is 1. The van der Waals surface area contributed by atoms with E-state index >= 15 is 0 Å². The maximum atomic E-state index is 10.4. The fourth-order valence-electron chi connectivity index (χ4n) is 1.21. The van der Waals surface area contributed by atoms with E-state index in [-0.39, 0.29) is 0 Å². The Bertz CT molecular complexity index is 498. The molecule has 0 amide bonds. The number of thiazole rings is 1. The van der Waals surface area contributed by atoms with Gasteiger partial charge in [-0.15, -0.1) is 11.3 Å². The lowest BCUT2D eigenvalue weighted by Crippen LogP contribution is -1.79. The molecular weight excluding hydrogens is 238 g/mol. The normalized spacial score (nSPS) is 11.9. The first-order valence-electron chi connectivity index (χ1n) is 4.90. The number of fused-ring (bicyclic) bond motifs is 1. The Balaban J connectivity index is 2.07. The third-order valence-corrected chi connectivity index (χ3v) is 4.18. The number of nitrogens with zero attached hydrogens (tertiary/aromatic N) is 1. The average Bonchev–Trinajstić information content (AvgIpc) is 2.71. The Kier molecular flexibility index (Phi) is 3.74. The average molecular weight is 249 g/mol. The van der Waals surface area contributed by atoms with E-state index in [1.54, 1.807) is 23.1 Å². The van der Waals surface area contributed by atoms with Crippen molar-refractivity contribution in [1.82, 2.24) is 4.98 Å². The molecule has 82 valence electrons. The summed E-state index contributed by atoms with van der Waals surface area (Å²) in [7, 11) is 0. The molecule has 0 saturated carbocycles. The minimum Gasteiger partial charge on any atom is -0.298 e. The van der Waals surface area contributed by atoms with Gasteiger partial charge in [0.1, 0.15) is 6.29 Å². The Morgan fingerprint density at radius 1 is 1.50 bits per heavy atom. The highest BCUT2D eigenvalue weighted by Gasteiger charge is 2.02. The molecule has 0 unspecified atom stereocenters. The van der Waals surface area contributed by atoms with Crippen LogP contribution in [0.5, 0.6) is 0 Å². The van der Waals surface area contributed by atoms with Crippen molar-refractivity contribution >= 4 is 39.6 Å². The monoisotopic (exact) mass is 249 g/mol. The van der Waals surface area contributed by atoms with Gasteiger partial charge in [-0.2, -0.15) is 0 Å². The van der Waals surface area contributed by atoms with E-state index in [9.17, 15) is 4.79 Å². The topological polar surface area (TPSA) is 30.0 Å². The first-order valence-corrected chi connectivity index (χ1v) is 6.70. The molecule has 0 bridgehead atoms. The molecule has 2 rings (SSSR count). The molecule has 1 aromatic heterocycles. The van der Waals surface area contributed by atoms with Gasteiger partial charge in [-0.05, 0) is 24.6 Å². The zero-order valence-electron chi connectivity index (χ0n) is 8.84. The fourth-order valence-corrected chi connectivity index (χ4v) is 3.26. The third kappa shape index (κ3) is 2.71. The van der Waals surface area contributed by atoms with E-state index in [2.05, 4.69) is 11.1 Å². The van der Waals surface area contributed by atoms with E-state index in [1.165, 1.54) is 4.70 Å². The summed E-state index contributed by atoms with van der Waals surface area (Å²) in [6, 6.07) is 8.10. The first-order chi connectivity index (χ1) is 7.79. The number of aldehydes is 1. The largest absolute Gasteiger partial charge is 0.298 e. The lowest BCUT2D eigenvalue weighted by molar-refractivity contribution is -0.104.